The number of aliphatic imine (C=N–C) groups is 2. The molecule has 87 heavy (non-hydrogen) atoms. The SMILES string of the molecule is CCCCCCCCCCCOC(=O)CCCCCN(CCCCCCCC(=O)OC(CCCCCCCC)CCCCCCCC)CC(O)CCCCNC(=O)[C@H](CCCN=C(N)N)NC(=O)[C@H](Cc1cnc[nH]1)NC(=O)[C@H](N)CCCN=C(N)N. The Kier molecular flexibility index (Phi) is 51.7. The summed E-state index contributed by atoms with van der Waals surface area (Å²) in [6.07, 6.45) is 41.7. The van der Waals surface area contributed by atoms with Crippen LogP contribution in [0.4, 0.5) is 0 Å². The summed E-state index contributed by atoms with van der Waals surface area (Å²) in [7, 11) is 0. The second kappa shape index (κ2) is 56.2. The van der Waals surface area contributed by atoms with Gasteiger partial charge in [-0.25, -0.2) is 4.98 Å². The molecule has 1 heterocycles. The van der Waals surface area contributed by atoms with Gasteiger partial charge in [0.1, 0.15) is 18.2 Å². The lowest BCUT2D eigenvalue weighted by Crippen LogP contribution is -2.56. The van der Waals surface area contributed by atoms with Gasteiger partial charge in [0.15, 0.2) is 11.9 Å². The molecule has 0 bridgehead atoms. The molecule has 1 aromatic heterocycles. The molecule has 3 amide bonds. The quantitative estimate of drug-likeness (QED) is 0.0126. The Morgan fingerprint density at radius 2 is 1.03 bits per heavy atom. The first-order valence-electron chi connectivity index (χ1n) is 34.7. The number of carbonyl (C=O) groups is 5. The first kappa shape index (κ1) is 80.0. The number of ether oxygens (including phenoxy) is 2. The first-order chi connectivity index (χ1) is 42.2. The number of aliphatic hydroxyl groups excluding tert-OH is 1. The third-order valence-corrected chi connectivity index (χ3v) is 16.0. The summed E-state index contributed by atoms with van der Waals surface area (Å²) < 4.78 is 11.7. The van der Waals surface area contributed by atoms with E-state index in [4.69, 9.17) is 38.1 Å². The Bertz CT molecular complexity index is 1890. The van der Waals surface area contributed by atoms with E-state index in [9.17, 15) is 29.1 Å². The second-order valence-corrected chi connectivity index (χ2v) is 24.3. The van der Waals surface area contributed by atoms with E-state index in [1.807, 2.05) is 0 Å². The van der Waals surface area contributed by atoms with E-state index in [-0.39, 0.29) is 55.8 Å². The highest BCUT2D eigenvalue weighted by molar-refractivity contribution is 5.93. The van der Waals surface area contributed by atoms with Gasteiger partial charge >= 0.3 is 11.9 Å². The van der Waals surface area contributed by atoms with E-state index in [2.05, 4.69) is 61.6 Å². The van der Waals surface area contributed by atoms with E-state index >= 15 is 0 Å². The predicted octanol–water partition coefficient (Wildman–Crippen LogP) is 9.69. The minimum absolute atomic E-state index is 0.0353. The molecule has 1 unspecified atom stereocenters. The number of esters is 2. The van der Waals surface area contributed by atoms with Crippen molar-refractivity contribution in [1.29, 1.82) is 0 Å². The molecule has 0 radical (unpaired) electrons. The molecule has 1 rings (SSSR count). The van der Waals surface area contributed by atoms with Gasteiger partial charge in [-0.05, 0) is 116 Å². The van der Waals surface area contributed by atoms with Crippen molar-refractivity contribution in [2.75, 3.05) is 45.9 Å². The highest BCUT2D eigenvalue weighted by Gasteiger charge is 2.29. The van der Waals surface area contributed by atoms with Gasteiger partial charge in [0.25, 0.3) is 0 Å². The van der Waals surface area contributed by atoms with E-state index in [1.54, 1.807) is 6.20 Å². The van der Waals surface area contributed by atoms with Crippen molar-refractivity contribution in [3.8, 4) is 0 Å². The topological polar surface area (TPSA) is 347 Å². The minimum Gasteiger partial charge on any atom is -0.466 e. The minimum atomic E-state index is -1.09. The van der Waals surface area contributed by atoms with Crippen LogP contribution >= 0.6 is 0 Å². The Labute approximate surface area is 526 Å². The zero-order valence-corrected chi connectivity index (χ0v) is 55.0. The normalized spacial score (nSPS) is 12.8. The van der Waals surface area contributed by atoms with Crippen LogP contribution in [0.5, 0.6) is 0 Å². The van der Waals surface area contributed by atoms with E-state index in [0.29, 0.717) is 76.9 Å². The number of unbranched alkanes of at least 4 members (excludes halogenated alkanes) is 25. The number of hydrogen-bond acceptors (Lipinski definition) is 13. The van der Waals surface area contributed by atoms with E-state index < -0.39 is 42.0 Å². The monoisotopic (exact) mass is 1230 g/mol. The summed E-state index contributed by atoms with van der Waals surface area (Å²) in [5.74, 6) is -1.85. The zero-order valence-electron chi connectivity index (χ0n) is 55.0. The smallest absolute Gasteiger partial charge is 0.306 e. The fourth-order valence-electron chi connectivity index (χ4n) is 10.7. The highest BCUT2D eigenvalue weighted by atomic mass is 16.5. The zero-order chi connectivity index (χ0) is 63.8. The number of aromatic nitrogens is 2. The summed E-state index contributed by atoms with van der Waals surface area (Å²) in [6, 6.07) is -2.99. The number of nitrogens with two attached hydrogens (primary N) is 5. The standard InChI is InChI=1S/C66H127N13O8/c1-4-7-10-13-16-17-18-24-34-49-86-60(81)42-29-25-33-48-79(47-32-23-19-22-28-43-61(82)87-56(38-26-20-14-11-8-5-2)39-27-21-15-12-9-6-3)52-55(80)37-30-31-44-73-63(84)58(41-36-46-75-66(70)71)77-64(85)59(50-54-51-72-53-76-54)78-62(83)57(67)40-35-45-74-65(68)69/h51,53,55-59,80H,4-50,52,67H2,1-3H3,(H,72,76)(H,73,84)(H,77,85)(H,78,83)(H4,68,69,74)(H4,70,71,75)/t55?,57-,58+,59+/m1/s1. The maximum atomic E-state index is 13.9. The number of nitrogens with one attached hydrogen (secondary N) is 4. The number of amides is 3. The fraction of sp³-hybridized carbons (Fsp3) is 0.848. The average Bonchev–Trinajstić information content (AvgIpc) is 4.18. The number of rotatable bonds is 61. The maximum Gasteiger partial charge on any atom is 0.306 e. The van der Waals surface area contributed by atoms with E-state index in [1.165, 1.54) is 115 Å². The van der Waals surface area contributed by atoms with Gasteiger partial charge in [-0.3, -0.25) is 34.0 Å². The number of aromatic amines is 1. The molecule has 21 nitrogen and oxygen atoms in total. The van der Waals surface area contributed by atoms with Crippen LogP contribution in [0.25, 0.3) is 0 Å². The Morgan fingerprint density at radius 3 is 1.59 bits per heavy atom. The van der Waals surface area contributed by atoms with Crippen molar-refractivity contribution in [2.24, 2.45) is 38.7 Å². The van der Waals surface area contributed by atoms with Gasteiger partial charge in [0, 0.05) is 57.3 Å². The summed E-state index contributed by atoms with van der Waals surface area (Å²) in [5, 5.41) is 19.9. The third kappa shape index (κ3) is 48.6. The maximum absolute atomic E-state index is 13.9. The number of H-pyrrole nitrogens is 1. The average molecular weight is 1230 g/mol. The molecule has 15 N–H and O–H groups in total. The molecule has 0 spiro atoms. The largest absolute Gasteiger partial charge is 0.466 e. The third-order valence-electron chi connectivity index (χ3n) is 16.0. The van der Waals surface area contributed by atoms with Gasteiger partial charge in [-0.2, -0.15) is 0 Å². The summed E-state index contributed by atoms with van der Waals surface area (Å²) in [5.41, 5.74) is 28.7. The van der Waals surface area contributed by atoms with Crippen molar-refractivity contribution >= 4 is 41.6 Å². The van der Waals surface area contributed by atoms with Crippen LogP contribution in [-0.2, 0) is 39.9 Å². The Morgan fingerprint density at radius 1 is 0.552 bits per heavy atom. The number of hydrogen-bond donors (Lipinski definition) is 10. The summed E-state index contributed by atoms with van der Waals surface area (Å²) in [6.45, 7) is 10.2. The molecule has 1 aromatic rings. The number of carbonyl (C=O) groups excluding carboxylic acids is 5. The Hall–Kier alpha value is -5.02. The Balaban J connectivity index is 2.83. The molecule has 0 saturated heterocycles. The van der Waals surface area contributed by atoms with Crippen molar-refractivity contribution in [3.05, 3.63) is 18.2 Å². The lowest BCUT2D eigenvalue weighted by molar-refractivity contribution is -0.150. The van der Waals surface area contributed by atoms with E-state index in [0.717, 1.165) is 103 Å². The molecule has 0 aromatic carbocycles. The van der Waals surface area contributed by atoms with Crippen LogP contribution in [0.2, 0.25) is 0 Å². The summed E-state index contributed by atoms with van der Waals surface area (Å²) in [4.78, 5) is 83.7. The van der Waals surface area contributed by atoms with Crippen molar-refractivity contribution < 1.29 is 38.6 Å². The van der Waals surface area contributed by atoms with Crippen LogP contribution in [0.1, 0.15) is 283 Å². The highest BCUT2D eigenvalue weighted by Crippen LogP contribution is 2.19. The molecule has 504 valence electrons. The van der Waals surface area contributed by atoms with Crippen molar-refractivity contribution in [1.82, 2.24) is 30.8 Å². The molecular weight excluding hydrogens is 1100 g/mol. The molecule has 21 heteroatoms. The van der Waals surface area contributed by atoms with Gasteiger partial charge in [0.05, 0.1) is 25.1 Å². The molecule has 4 atom stereocenters. The summed E-state index contributed by atoms with van der Waals surface area (Å²) >= 11 is 0. The number of aliphatic hydroxyl groups is 1. The molecule has 0 aliphatic heterocycles. The van der Waals surface area contributed by atoms with Crippen molar-refractivity contribution in [3.63, 3.8) is 0 Å². The second-order valence-electron chi connectivity index (χ2n) is 24.3. The lowest BCUT2D eigenvalue weighted by atomic mass is 10.0. The van der Waals surface area contributed by atoms with Crippen LogP contribution in [0.15, 0.2) is 22.5 Å². The molecular formula is C66H127N13O8. The lowest BCUT2D eigenvalue weighted by Gasteiger charge is -2.25. The van der Waals surface area contributed by atoms with Gasteiger partial charge in [0.2, 0.25) is 17.7 Å². The predicted molar refractivity (Wildman–Crippen MR) is 353 cm³/mol. The van der Waals surface area contributed by atoms with Crippen LogP contribution in [0.3, 0.4) is 0 Å². The number of imidazole rings is 1. The molecule has 0 aliphatic carbocycles. The van der Waals surface area contributed by atoms with Gasteiger partial charge in [-0.15, -0.1) is 0 Å². The fourth-order valence-corrected chi connectivity index (χ4v) is 10.7. The van der Waals surface area contributed by atoms with Gasteiger partial charge < -0.3 is 69.1 Å². The molecule has 0 fully saturated rings. The molecule has 0 saturated carbocycles. The van der Waals surface area contributed by atoms with Crippen molar-refractivity contribution in [2.45, 2.75) is 314 Å². The van der Waals surface area contributed by atoms with Crippen LogP contribution in [0, 0.1) is 0 Å². The number of nitrogens with zero attached hydrogens (tertiary/aromatic N) is 4. The van der Waals surface area contributed by atoms with Gasteiger partial charge in [-0.1, -0.05) is 162 Å². The first-order valence-corrected chi connectivity index (χ1v) is 34.7. The van der Waals surface area contributed by atoms with Crippen LogP contribution < -0.4 is 44.6 Å². The number of guanidine groups is 2. The van der Waals surface area contributed by atoms with Crippen LogP contribution in [-0.4, -0.2) is 138 Å². The molecule has 0 aliphatic rings.